The maximum absolute atomic E-state index is 12.6. The molecule has 3 fully saturated rings. The van der Waals surface area contributed by atoms with E-state index in [0.29, 0.717) is 36.9 Å². The fourth-order valence-electron chi connectivity index (χ4n) is 4.33. The molecule has 2 saturated heterocycles. The fourth-order valence-corrected chi connectivity index (χ4v) is 4.33. The standard InChI is InChI=1S/C21H26N2O3/c24-18-8-9-21(15-23(18)14-16-6-7-16)10-12-22(13-11-21)20(26)19(25)17-4-2-1-3-5-17/h1-5,16H,6-15H2. The van der Waals surface area contributed by atoms with Crippen LogP contribution in [-0.4, -0.2) is 53.6 Å². The SMILES string of the molecule is O=C(C(=O)N1CCC2(CCC(=O)N(CC3CC3)C2)CC1)c1ccccc1. The number of rotatable bonds is 4. The Morgan fingerprint density at radius 2 is 1.73 bits per heavy atom. The molecule has 5 heteroatoms. The van der Waals surface area contributed by atoms with Gasteiger partial charge in [-0.3, -0.25) is 14.4 Å². The lowest BCUT2D eigenvalue weighted by Gasteiger charge is -2.47. The number of hydrogen-bond donors (Lipinski definition) is 0. The molecule has 3 aliphatic rings. The molecule has 0 unspecified atom stereocenters. The molecule has 5 nitrogen and oxygen atoms in total. The van der Waals surface area contributed by atoms with Crippen LogP contribution in [0.4, 0.5) is 0 Å². The highest BCUT2D eigenvalue weighted by atomic mass is 16.2. The zero-order valence-electron chi connectivity index (χ0n) is 15.2. The fraction of sp³-hybridized carbons (Fsp3) is 0.571. The van der Waals surface area contributed by atoms with Crippen molar-refractivity contribution >= 4 is 17.6 Å². The molecule has 1 aromatic rings. The van der Waals surface area contributed by atoms with E-state index < -0.39 is 11.7 Å². The van der Waals surface area contributed by atoms with Gasteiger partial charge >= 0.3 is 0 Å². The number of piperidine rings is 2. The van der Waals surface area contributed by atoms with Crippen LogP contribution in [0.25, 0.3) is 0 Å². The molecule has 1 aliphatic carbocycles. The molecule has 0 N–H and O–H groups in total. The molecule has 0 bridgehead atoms. The molecule has 1 aromatic carbocycles. The number of nitrogens with zero attached hydrogens (tertiary/aromatic N) is 2. The van der Waals surface area contributed by atoms with Gasteiger partial charge in [0, 0.05) is 38.2 Å². The molecule has 2 heterocycles. The molecule has 26 heavy (non-hydrogen) atoms. The highest BCUT2D eigenvalue weighted by Crippen LogP contribution is 2.41. The quantitative estimate of drug-likeness (QED) is 0.617. The number of ketones is 1. The normalized spacial score (nSPS) is 22.5. The van der Waals surface area contributed by atoms with Crippen LogP contribution in [0, 0.1) is 11.3 Å². The van der Waals surface area contributed by atoms with Crippen LogP contribution >= 0.6 is 0 Å². The first kappa shape index (κ1) is 17.3. The van der Waals surface area contributed by atoms with Crippen LogP contribution in [0.2, 0.25) is 0 Å². The van der Waals surface area contributed by atoms with Gasteiger partial charge in [-0.25, -0.2) is 0 Å². The first-order chi connectivity index (χ1) is 12.6. The van der Waals surface area contributed by atoms with Gasteiger partial charge in [-0.2, -0.15) is 0 Å². The van der Waals surface area contributed by atoms with E-state index in [1.165, 1.54) is 12.8 Å². The first-order valence-corrected chi connectivity index (χ1v) is 9.73. The average molecular weight is 354 g/mol. The zero-order chi connectivity index (χ0) is 18.1. The van der Waals surface area contributed by atoms with Crippen molar-refractivity contribution in [1.82, 2.24) is 9.80 Å². The summed E-state index contributed by atoms with van der Waals surface area (Å²) < 4.78 is 0. The molecular weight excluding hydrogens is 328 g/mol. The maximum Gasteiger partial charge on any atom is 0.294 e. The molecule has 138 valence electrons. The summed E-state index contributed by atoms with van der Waals surface area (Å²) in [6.45, 7) is 2.97. The van der Waals surface area contributed by atoms with Crippen LogP contribution < -0.4 is 0 Å². The second-order valence-corrected chi connectivity index (χ2v) is 8.20. The van der Waals surface area contributed by atoms with Crippen LogP contribution in [0.15, 0.2) is 30.3 Å². The molecular formula is C21H26N2O3. The first-order valence-electron chi connectivity index (χ1n) is 9.73. The predicted molar refractivity (Wildman–Crippen MR) is 97.6 cm³/mol. The smallest absolute Gasteiger partial charge is 0.294 e. The van der Waals surface area contributed by atoms with Crippen molar-refractivity contribution in [2.45, 2.75) is 38.5 Å². The largest absolute Gasteiger partial charge is 0.342 e. The van der Waals surface area contributed by atoms with Crippen LogP contribution in [0.3, 0.4) is 0 Å². The Bertz CT molecular complexity index is 703. The summed E-state index contributed by atoms with van der Waals surface area (Å²) in [4.78, 5) is 40.9. The van der Waals surface area contributed by atoms with Crippen molar-refractivity contribution in [2.24, 2.45) is 11.3 Å². The van der Waals surface area contributed by atoms with Crippen LogP contribution in [0.1, 0.15) is 48.9 Å². The van der Waals surface area contributed by atoms with Gasteiger partial charge < -0.3 is 9.80 Å². The topological polar surface area (TPSA) is 57.7 Å². The summed E-state index contributed by atoms with van der Waals surface area (Å²) in [6.07, 6.45) is 5.82. The zero-order valence-corrected chi connectivity index (χ0v) is 15.2. The molecule has 0 atom stereocenters. The van der Waals surface area contributed by atoms with E-state index in [0.717, 1.165) is 32.4 Å². The third kappa shape index (κ3) is 3.53. The predicted octanol–water partition coefficient (Wildman–Crippen LogP) is 2.51. The summed E-state index contributed by atoms with van der Waals surface area (Å²) >= 11 is 0. The number of carbonyl (C=O) groups excluding carboxylic acids is 3. The van der Waals surface area contributed by atoms with E-state index >= 15 is 0 Å². The number of carbonyl (C=O) groups is 3. The molecule has 2 aliphatic heterocycles. The van der Waals surface area contributed by atoms with E-state index in [4.69, 9.17) is 0 Å². The lowest BCUT2D eigenvalue weighted by atomic mass is 9.72. The molecule has 1 saturated carbocycles. The number of Topliss-reactive ketones (excluding diaryl/α,β-unsaturated/α-hetero) is 1. The Morgan fingerprint density at radius 1 is 1.04 bits per heavy atom. The van der Waals surface area contributed by atoms with E-state index in [2.05, 4.69) is 4.90 Å². The average Bonchev–Trinajstić information content (AvgIpc) is 3.49. The van der Waals surface area contributed by atoms with Gasteiger partial charge in [0.25, 0.3) is 5.91 Å². The van der Waals surface area contributed by atoms with Crippen molar-refractivity contribution in [3.05, 3.63) is 35.9 Å². The number of hydrogen-bond acceptors (Lipinski definition) is 3. The van der Waals surface area contributed by atoms with E-state index in [-0.39, 0.29) is 5.41 Å². The van der Waals surface area contributed by atoms with E-state index in [9.17, 15) is 14.4 Å². The van der Waals surface area contributed by atoms with Crippen LogP contribution in [-0.2, 0) is 9.59 Å². The van der Waals surface area contributed by atoms with Gasteiger partial charge in [-0.15, -0.1) is 0 Å². The van der Waals surface area contributed by atoms with E-state index in [1.54, 1.807) is 29.2 Å². The maximum atomic E-state index is 12.6. The summed E-state index contributed by atoms with van der Waals surface area (Å²) in [5, 5.41) is 0. The van der Waals surface area contributed by atoms with Crippen molar-refractivity contribution in [1.29, 1.82) is 0 Å². The lowest BCUT2D eigenvalue weighted by Crippen LogP contribution is -2.53. The second-order valence-electron chi connectivity index (χ2n) is 8.20. The Morgan fingerprint density at radius 3 is 2.38 bits per heavy atom. The van der Waals surface area contributed by atoms with Gasteiger partial charge in [-0.05, 0) is 43.4 Å². The van der Waals surface area contributed by atoms with Gasteiger partial charge in [0.1, 0.15) is 0 Å². The van der Waals surface area contributed by atoms with Gasteiger partial charge in [0.05, 0.1) is 0 Å². The Balaban J connectivity index is 1.36. The minimum absolute atomic E-state index is 0.134. The third-order valence-corrected chi connectivity index (χ3v) is 6.27. The Labute approximate surface area is 154 Å². The van der Waals surface area contributed by atoms with Crippen LogP contribution in [0.5, 0.6) is 0 Å². The molecule has 0 aromatic heterocycles. The molecule has 0 radical (unpaired) electrons. The summed E-state index contributed by atoms with van der Waals surface area (Å²) in [7, 11) is 0. The Hall–Kier alpha value is -2.17. The highest BCUT2D eigenvalue weighted by Gasteiger charge is 2.43. The second kappa shape index (κ2) is 6.86. The van der Waals surface area contributed by atoms with Crippen molar-refractivity contribution in [2.75, 3.05) is 26.2 Å². The van der Waals surface area contributed by atoms with Gasteiger partial charge in [0.2, 0.25) is 11.7 Å². The Kier molecular flexibility index (Phi) is 4.55. The molecule has 1 spiro atoms. The number of likely N-dealkylation sites (tertiary alicyclic amines) is 2. The minimum Gasteiger partial charge on any atom is -0.342 e. The van der Waals surface area contributed by atoms with Gasteiger partial charge in [0.15, 0.2) is 0 Å². The monoisotopic (exact) mass is 354 g/mol. The summed E-state index contributed by atoms with van der Waals surface area (Å²) in [6, 6.07) is 8.77. The van der Waals surface area contributed by atoms with Gasteiger partial charge in [-0.1, -0.05) is 30.3 Å². The van der Waals surface area contributed by atoms with Crippen molar-refractivity contribution < 1.29 is 14.4 Å². The van der Waals surface area contributed by atoms with Crippen molar-refractivity contribution in [3.8, 4) is 0 Å². The van der Waals surface area contributed by atoms with Crippen molar-refractivity contribution in [3.63, 3.8) is 0 Å². The number of benzene rings is 1. The molecule has 2 amide bonds. The summed E-state index contributed by atoms with van der Waals surface area (Å²) in [5.74, 6) is 0.183. The molecule has 4 rings (SSSR count). The highest BCUT2D eigenvalue weighted by molar-refractivity contribution is 6.42. The lowest BCUT2D eigenvalue weighted by molar-refractivity contribution is -0.141. The third-order valence-electron chi connectivity index (χ3n) is 6.27. The summed E-state index contributed by atoms with van der Waals surface area (Å²) in [5.41, 5.74) is 0.590. The van der Waals surface area contributed by atoms with E-state index in [1.807, 2.05) is 6.07 Å². The minimum atomic E-state index is -0.421. The number of amides is 2.